The number of sulfone groups is 3. The van der Waals surface area contributed by atoms with E-state index >= 15 is 0 Å². The van der Waals surface area contributed by atoms with E-state index in [1.807, 2.05) is 0 Å². The molecule has 16 heavy (non-hydrogen) atoms. The van der Waals surface area contributed by atoms with Gasteiger partial charge in [-0.1, -0.05) is 6.92 Å². The Morgan fingerprint density at radius 1 is 0.938 bits per heavy atom. The van der Waals surface area contributed by atoms with Crippen molar-refractivity contribution in [3.63, 3.8) is 0 Å². The van der Waals surface area contributed by atoms with Crippen LogP contribution in [-0.4, -0.2) is 46.4 Å². The Bertz CT molecular complexity index is 537. The third-order valence-electron chi connectivity index (χ3n) is 1.97. The van der Waals surface area contributed by atoms with Crippen molar-refractivity contribution in [1.82, 2.24) is 0 Å². The van der Waals surface area contributed by atoms with E-state index in [-0.39, 0.29) is 0 Å². The van der Waals surface area contributed by atoms with Gasteiger partial charge in [0.05, 0.1) is 5.25 Å². The molecule has 0 bridgehead atoms. The van der Waals surface area contributed by atoms with Crippen LogP contribution in [0.4, 0.5) is 0 Å². The van der Waals surface area contributed by atoms with E-state index < -0.39 is 44.4 Å². The van der Waals surface area contributed by atoms with E-state index in [0.29, 0.717) is 6.26 Å². The minimum Gasteiger partial charge on any atom is -0.227 e. The Kier molecular flexibility index (Phi) is 4.57. The van der Waals surface area contributed by atoms with Crippen molar-refractivity contribution in [2.75, 3.05) is 12.0 Å². The van der Waals surface area contributed by atoms with E-state index in [0.717, 1.165) is 0 Å². The third-order valence-corrected chi connectivity index (χ3v) is 11.4. The Morgan fingerprint density at radius 2 is 1.31 bits per heavy atom. The summed E-state index contributed by atoms with van der Waals surface area (Å²) in [5, 5.41) is -1.06. The fourth-order valence-corrected chi connectivity index (χ4v) is 9.65. The highest BCUT2D eigenvalue weighted by molar-refractivity contribution is 8.24. The monoisotopic (exact) mass is 292 g/mol. The Balaban J connectivity index is 6.09. The van der Waals surface area contributed by atoms with Gasteiger partial charge in [0.1, 0.15) is 0 Å². The molecule has 0 fully saturated rings. The zero-order valence-electron chi connectivity index (χ0n) is 9.54. The van der Waals surface area contributed by atoms with E-state index in [9.17, 15) is 25.3 Å². The first-order valence-electron chi connectivity index (χ1n) is 4.50. The van der Waals surface area contributed by atoms with Crippen LogP contribution in [-0.2, 0) is 29.5 Å². The van der Waals surface area contributed by atoms with Crippen LogP contribution in [0.2, 0.25) is 0 Å². The van der Waals surface area contributed by atoms with Gasteiger partial charge in [0.2, 0.25) is 0 Å². The summed E-state index contributed by atoms with van der Waals surface area (Å²) in [6.45, 7) is 3.71. The molecule has 0 N–H and O–H groups in total. The molecule has 0 aromatic heterocycles. The van der Waals surface area contributed by atoms with Crippen LogP contribution in [0, 0.1) is 0 Å². The molecule has 1 atom stereocenters. The molecule has 0 unspecified atom stereocenters. The van der Waals surface area contributed by atoms with Gasteiger partial charge in [0.25, 0.3) is 3.91 Å². The summed E-state index contributed by atoms with van der Waals surface area (Å²) in [6, 6.07) is 0. The lowest BCUT2D eigenvalue weighted by atomic mass is 10.6. The quantitative estimate of drug-likeness (QED) is 0.681. The average Bonchev–Trinajstić information content (AvgIpc) is 1.99. The molecule has 0 spiro atoms. The van der Waals surface area contributed by atoms with Crippen LogP contribution in [0.3, 0.4) is 0 Å². The van der Waals surface area contributed by atoms with Crippen molar-refractivity contribution in [2.45, 2.75) is 29.9 Å². The van der Waals surface area contributed by atoms with E-state index in [1.54, 1.807) is 0 Å². The van der Waals surface area contributed by atoms with Crippen molar-refractivity contribution < 1.29 is 25.3 Å². The Labute approximate surface area is 96.8 Å². The van der Waals surface area contributed by atoms with Gasteiger partial charge in [-0.3, -0.25) is 0 Å². The van der Waals surface area contributed by atoms with Gasteiger partial charge < -0.3 is 0 Å². The topological polar surface area (TPSA) is 102 Å². The predicted molar refractivity (Wildman–Crippen MR) is 62.1 cm³/mol. The maximum atomic E-state index is 11.7. The first kappa shape index (κ1) is 15.9. The molecule has 0 aromatic carbocycles. The summed E-state index contributed by atoms with van der Waals surface area (Å²) in [5.41, 5.74) is 0. The summed E-state index contributed by atoms with van der Waals surface area (Å²) in [4.78, 5) is 0. The standard InChI is InChI=1S/C7H16O6S3/c1-5-15(10,11)7(14(4,8)9)16(12,13)6(2)3/h6-7H,5H2,1-4H3/t7-/m0/s1. The van der Waals surface area contributed by atoms with E-state index in [2.05, 4.69) is 0 Å². The zero-order valence-corrected chi connectivity index (χ0v) is 12.0. The second kappa shape index (κ2) is 4.61. The molecule has 0 saturated heterocycles. The molecule has 0 rings (SSSR count). The van der Waals surface area contributed by atoms with Crippen molar-refractivity contribution in [3.05, 3.63) is 0 Å². The first-order chi connectivity index (χ1) is 6.87. The largest absolute Gasteiger partial charge is 0.262 e. The molecule has 9 heteroatoms. The van der Waals surface area contributed by atoms with Gasteiger partial charge >= 0.3 is 0 Å². The highest BCUT2D eigenvalue weighted by Gasteiger charge is 2.46. The number of hydrogen-bond donors (Lipinski definition) is 0. The second-order valence-corrected chi connectivity index (χ2v) is 11.7. The average molecular weight is 292 g/mol. The van der Waals surface area contributed by atoms with Crippen LogP contribution >= 0.6 is 0 Å². The van der Waals surface area contributed by atoms with Crippen molar-refractivity contribution in [3.8, 4) is 0 Å². The summed E-state index contributed by atoms with van der Waals surface area (Å²) in [7, 11) is -12.7. The normalized spacial score (nSPS) is 16.3. The molecular weight excluding hydrogens is 276 g/mol. The minimum absolute atomic E-state index is 0.531. The number of rotatable bonds is 5. The van der Waals surface area contributed by atoms with Crippen molar-refractivity contribution in [2.24, 2.45) is 0 Å². The first-order valence-corrected chi connectivity index (χ1v) is 9.78. The second-order valence-electron chi connectivity index (χ2n) is 3.71. The summed E-state index contributed by atoms with van der Waals surface area (Å²) < 4.78 is 66.8. The van der Waals surface area contributed by atoms with E-state index in [4.69, 9.17) is 0 Å². The third kappa shape index (κ3) is 3.17. The van der Waals surface area contributed by atoms with Gasteiger partial charge in [-0.25, -0.2) is 25.3 Å². The van der Waals surface area contributed by atoms with Crippen LogP contribution in [0.1, 0.15) is 20.8 Å². The minimum atomic E-state index is -4.24. The van der Waals surface area contributed by atoms with Crippen LogP contribution in [0.15, 0.2) is 0 Å². The molecule has 6 nitrogen and oxygen atoms in total. The number of hydrogen-bond acceptors (Lipinski definition) is 6. The van der Waals surface area contributed by atoms with Crippen LogP contribution in [0.25, 0.3) is 0 Å². The van der Waals surface area contributed by atoms with E-state index in [1.165, 1.54) is 20.8 Å². The summed E-state index contributed by atoms with van der Waals surface area (Å²) in [5.74, 6) is -0.531. The van der Waals surface area contributed by atoms with Crippen molar-refractivity contribution >= 4 is 29.5 Å². The van der Waals surface area contributed by atoms with Crippen LogP contribution < -0.4 is 0 Å². The molecule has 0 heterocycles. The maximum Gasteiger partial charge on any atom is 0.262 e. The SMILES string of the molecule is CCS(=O)(=O)[C@H](S(C)(=O)=O)S(=O)(=O)C(C)C. The van der Waals surface area contributed by atoms with Gasteiger partial charge in [-0.05, 0) is 13.8 Å². The van der Waals surface area contributed by atoms with Gasteiger partial charge in [-0.2, -0.15) is 0 Å². The maximum absolute atomic E-state index is 11.7. The summed E-state index contributed by atoms with van der Waals surface area (Å²) in [6.07, 6.45) is 0.616. The molecule has 0 radical (unpaired) electrons. The highest BCUT2D eigenvalue weighted by atomic mass is 32.3. The van der Waals surface area contributed by atoms with Crippen LogP contribution in [0.5, 0.6) is 0 Å². The molecule has 0 saturated carbocycles. The highest BCUT2D eigenvalue weighted by Crippen LogP contribution is 2.21. The smallest absolute Gasteiger partial charge is 0.227 e. The van der Waals surface area contributed by atoms with Gasteiger partial charge in [0, 0.05) is 12.0 Å². The molecule has 0 aliphatic heterocycles. The zero-order chi connectivity index (χ0) is 13.4. The van der Waals surface area contributed by atoms with Gasteiger partial charge in [-0.15, -0.1) is 0 Å². The summed E-state index contributed by atoms with van der Waals surface area (Å²) >= 11 is 0. The lowest BCUT2D eigenvalue weighted by molar-refractivity contribution is 0.571. The Hall–Kier alpha value is -0.150. The molecular formula is C7H16O6S3. The molecule has 0 aliphatic carbocycles. The molecule has 0 amide bonds. The lowest BCUT2D eigenvalue weighted by Crippen LogP contribution is -2.41. The van der Waals surface area contributed by atoms with Crippen molar-refractivity contribution in [1.29, 1.82) is 0 Å². The predicted octanol–water partition coefficient (Wildman–Crippen LogP) is -0.427. The lowest BCUT2D eigenvalue weighted by Gasteiger charge is -2.17. The van der Waals surface area contributed by atoms with Gasteiger partial charge in [0.15, 0.2) is 29.5 Å². The molecule has 0 aliphatic rings. The molecule has 0 aromatic rings. The Morgan fingerprint density at radius 3 is 1.50 bits per heavy atom. The molecule has 98 valence electrons. The fourth-order valence-electron chi connectivity index (χ4n) is 1.07. The fraction of sp³-hybridized carbons (Fsp3) is 1.00.